The Morgan fingerprint density at radius 1 is 1.10 bits per heavy atom. The molecule has 1 aliphatic rings. The molecule has 5 rings (SSSR count). The van der Waals surface area contributed by atoms with Gasteiger partial charge >= 0.3 is 0 Å². The van der Waals surface area contributed by atoms with Gasteiger partial charge in [0.1, 0.15) is 17.1 Å². The van der Waals surface area contributed by atoms with E-state index in [9.17, 15) is 9.59 Å². The highest BCUT2D eigenvalue weighted by molar-refractivity contribution is 6.31. The van der Waals surface area contributed by atoms with Crippen LogP contribution in [0.25, 0.3) is 11.0 Å². The molecule has 7 heteroatoms. The molecule has 0 bridgehead atoms. The van der Waals surface area contributed by atoms with Crippen molar-refractivity contribution in [3.8, 4) is 5.75 Å². The zero-order valence-electron chi connectivity index (χ0n) is 15.9. The van der Waals surface area contributed by atoms with E-state index in [0.717, 1.165) is 5.56 Å². The molecule has 0 saturated heterocycles. The third-order valence-corrected chi connectivity index (χ3v) is 5.48. The molecule has 2 aromatic heterocycles. The van der Waals surface area contributed by atoms with E-state index in [1.807, 2.05) is 18.2 Å². The molecule has 1 amide bonds. The van der Waals surface area contributed by atoms with E-state index in [2.05, 4.69) is 0 Å². The maximum Gasteiger partial charge on any atom is 0.291 e. The van der Waals surface area contributed by atoms with E-state index in [4.69, 9.17) is 25.2 Å². The highest BCUT2D eigenvalue weighted by atomic mass is 35.5. The molecule has 0 spiro atoms. The minimum absolute atomic E-state index is 0.0363. The summed E-state index contributed by atoms with van der Waals surface area (Å²) in [6.45, 7) is 0.189. The molecule has 1 aliphatic heterocycles. The summed E-state index contributed by atoms with van der Waals surface area (Å²) < 4.78 is 16.7. The zero-order chi connectivity index (χ0) is 20.8. The first-order valence-electron chi connectivity index (χ1n) is 9.30. The van der Waals surface area contributed by atoms with E-state index in [1.165, 1.54) is 0 Å². The largest absolute Gasteiger partial charge is 0.497 e. The van der Waals surface area contributed by atoms with E-state index < -0.39 is 6.04 Å². The maximum atomic E-state index is 13.5. The summed E-state index contributed by atoms with van der Waals surface area (Å²) in [4.78, 5) is 28.3. The summed E-state index contributed by atoms with van der Waals surface area (Å²) in [7, 11) is 1.57. The lowest BCUT2D eigenvalue weighted by Crippen LogP contribution is -2.29. The van der Waals surface area contributed by atoms with Gasteiger partial charge < -0.3 is 18.5 Å². The number of halogens is 1. The fourth-order valence-corrected chi connectivity index (χ4v) is 4.06. The highest BCUT2D eigenvalue weighted by Crippen LogP contribution is 2.40. The van der Waals surface area contributed by atoms with Crippen molar-refractivity contribution in [1.29, 1.82) is 0 Å². The van der Waals surface area contributed by atoms with Crippen LogP contribution in [0, 0.1) is 0 Å². The van der Waals surface area contributed by atoms with Crippen molar-refractivity contribution in [2.45, 2.75) is 12.6 Å². The molecular formula is C23H16ClNO5. The Morgan fingerprint density at radius 2 is 1.97 bits per heavy atom. The van der Waals surface area contributed by atoms with Crippen LogP contribution >= 0.6 is 11.6 Å². The Labute approximate surface area is 176 Å². The van der Waals surface area contributed by atoms with Gasteiger partial charge in [-0.1, -0.05) is 23.7 Å². The summed E-state index contributed by atoms with van der Waals surface area (Å²) >= 11 is 6.10. The van der Waals surface area contributed by atoms with Crippen molar-refractivity contribution >= 4 is 28.5 Å². The quantitative estimate of drug-likeness (QED) is 0.473. The van der Waals surface area contributed by atoms with Crippen molar-refractivity contribution < 1.29 is 18.4 Å². The number of carbonyl (C=O) groups excluding carboxylic acids is 1. The van der Waals surface area contributed by atoms with Gasteiger partial charge in [-0.2, -0.15) is 0 Å². The minimum Gasteiger partial charge on any atom is -0.497 e. The molecule has 3 heterocycles. The first kappa shape index (κ1) is 18.5. The van der Waals surface area contributed by atoms with Crippen LogP contribution in [0.3, 0.4) is 0 Å². The lowest BCUT2D eigenvalue weighted by atomic mass is 9.98. The number of hydrogen-bond acceptors (Lipinski definition) is 5. The first-order chi connectivity index (χ1) is 14.6. The number of carbonyl (C=O) groups is 1. The molecule has 4 aromatic rings. The fraction of sp³-hybridized carbons (Fsp3) is 0.130. The number of methoxy groups -OCH3 is 1. The number of amides is 1. The predicted molar refractivity (Wildman–Crippen MR) is 111 cm³/mol. The summed E-state index contributed by atoms with van der Waals surface area (Å²) in [5.74, 6) is 0.890. The van der Waals surface area contributed by atoms with Crippen LogP contribution in [0.15, 0.2) is 74.5 Å². The van der Waals surface area contributed by atoms with Crippen molar-refractivity contribution in [1.82, 2.24) is 4.90 Å². The number of nitrogens with zero attached hydrogens (tertiary/aromatic N) is 1. The highest BCUT2D eigenvalue weighted by Gasteiger charge is 2.43. The summed E-state index contributed by atoms with van der Waals surface area (Å²) in [5.41, 5.74) is 1.06. The Kier molecular flexibility index (Phi) is 4.37. The average molecular weight is 422 g/mol. The number of rotatable bonds is 4. The summed E-state index contributed by atoms with van der Waals surface area (Å²) in [6, 6.07) is 15.0. The second kappa shape index (κ2) is 7.07. The first-order valence-corrected chi connectivity index (χ1v) is 9.68. The second-order valence-electron chi connectivity index (χ2n) is 7.01. The topological polar surface area (TPSA) is 72.9 Å². The smallest absolute Gasteiger partial charge is 0.291 e. The molecule has 6 nitrogen and oxygen atoms in total. The van der Waals surface area contributed by atoms with Crippen LogP contribution in [0.1, 0.15) is 33.5 Å². The Morgan fingerprint density at radius 3 is 2.73 bits per heavy atom. The molecular weight excluding hydrogens is 406 g/mol. The third kappa shape index (κ3) is 2.88. The number of fused-ring (bicyclic) bond motifs is 2. The minimum atomic E-state index is -0.646. The Bertz CT molecular complexity index is 1330. The maximum absolute atomic E-state index is 13.5. The van der Waals surface area contributed by atoms with Crippen LogP contribution in [0.5, 0.6) is 5.75 Å². The molecule has 0 N–H and O–H groups in total. The van der Waals surface area contributed by atoms with Gasteiger partial charge in [0.15, 0.2) is 5.43 Å². The molecule has 150 valence electrons. The molecule has 0 aliphatic carbocycles. The lowest BCUT2D eigenvalue weighted by molar-refractivity contribution is 0.0701. The van der Waals surface area contributed by atoms with Gasteiger partial charge in [-0.15, -0.1) is 0 Å². The van der Waals surface area contributed by atoms with Crippen molar-refractivity contribution in [2.24, 2.45) is 0 Å². The molecule has 0 radical (unpaired) electrons. The van der Waals surface area contributed by atoms with Crippen molar-refractivity contribution in [3.63, 3.8) is 0 Å². The van der Waals surface area contributed by atoms with Gasteiger partial charge in [-0.25, -0.2) is 0 Å². The van der Waals surface area contributed by atoms with Gasteiger partial charge in [0.2, 0.25) is 5.76 Å². The van der Waals surface area contributed by atoms with E-state index in [-0.39, 0.29) is 29.2 Å². The van der Waals surface area contributed by atoms with E-state index in [1.54, 1.807) is 54.7 Å². The molecule has 2 aromatic carbocycles. The van der Waals surface area contributed by atoms with Crippen molar-refractivity contribution in [2.75, 3.05) is 7.11 Å². The molecule has 0 unspecified atom stereocenters. The van der Waals surface area contributed by atoms with Gasteiger partial charge in [-0.3, -0.25) is 9.59 Å². The van der Waals surface area contributed by atoms with Crippen LogP contribution < -0.4 is 10.2 Å². The zero-order valence-corrected chi connectivity index (χ0v) is 16.7. The fourth-order valence-electron chi connectivity index (χ4n) is 3.88. The van der Waals surface area contributed by atoms with Gasteiger partial charge in [-0.05, 0) is 48.0 Å². The SMILES string of the molecule is COc1cccc([C@@H]2c3c(oc4ccc(Cl)cc4c3=O)C(=O)N2Cc2ccco2)c1. The summed E-state index contributed by atoms with van der Waals surface area (Å²) in [5, 5.41) is 0.756. The average Bonchev–Trinajstić information content (AvgIpc) is 3.36. The number of furan rings is 1. The normalized spacial score (nSPS) is 15.6. The van der Waals surface area contributed by atoms with Gasteiger partial charge in [0.05, 0.1) is 36.9 Å². The number of benzene rings is 2. The van der Waals surface area contributed by atoms with Crippen LogP contribution in [-0.2, 0) is 6.54 Å². The predicted octanol–water partition coefficient (Wildman–Crippen LogP) is 4.79. The lowest BCUT2D eigenvalue weighted by Gasteiger charge is -2.24. The van der Waals surface area contributed by atoms with Crippen LogP contribution in [-0.4, -0.2) is 17.9 Å². The number of hydrogen-bond donors (Lipinski definition) is 0. The van der Waals surface area contributed by atoms with Crippen LogP contribution in [0.4, 0.5) is 0 Å². The Hall–Kier alpha value is -3.51. The molecule has 0 saturated carbocycles. The second-order valence-corrected chi connectivity index (χ2v) is 7.44. The summed E-state index contributed by atoms with van der Waals surface area (Å²) in [6.07, 6.45) is 1.54. The monoisotopic (exact) mass is 421 g/mol. The van der Waals surface area contributed by atoms with E-state index >= 15 is 0 Å². The van der Waals surface area contributed by atoms with Gasteiger partial charge in [0.25, 0.3) is 5.91 Å². The Balaban J connectivity index is 1.76. The van der Waals surface area contributed by atoms with E-state index in [0.29, 0.717) is 27.5 Å². The molecule has 1 atom stereocenters. The van der Waals surface area contributed by atoms with Gasteiger partial charge in [0, 0.05) is 5.02 Å². The van der Waals surface area contributed by atoms with Crippen molar-refractivity contribution in [3.05, 3.63) is 98.8 Å². The third-order valence-electron chi connectivity index (χ3n) is 5.24. The van der Waals surface area contributed by atoms with Crippen LogP contribution in [0.2, 0.25) is 5.02 Å². The molecule has 0 fully saturated rings. The number of ether oxygens (including phenoxy) is 1. The molecule has 30 heavy (non-hydrogen) atoms. The standard InChI is InChI=1S/C23H16ClNO5/c1-28-15-5-2-4-13(10-15)20-19-21(26)17-11-14(24)7-8-18(17)30-22(19)23(27)25(20)12-16-6-3-9-29-16/h2-11,20H,12H2,1H3/t20-/m1/s1.